The van der Waals surface area contributed by atoms with E-state index in [9.17, 15) is 0 Å². The molecule has 17 heavy (non-hydrogen) atoms. The van der Waals surface area contributed by atoms with Crippen LogP contribution in [0.1, 0.15) is 5.56 Å². The first-order valence-electron chi connectivity index (χ1n) is 5.26. The first kappa shape index (κ1) is 12.2. The van der Waals surface area contributed by atoms with E-state index >= 15 is 0 Å². The second-order valence-corrected chi connectivity index (χ2v) is 4.12. The Hall–Kier alpha value is -1.29. The molecule has 3 nitrogen and oxygen atoms in total. The predicted molar refractivity (Wildman–Crippen MR) is 69.4 cm³/mol. The number of fused-ring (bicyclic) bond motifs is 1. The fourth-order valence-corrected chi connectivity index (χ4v) is 1.95. The molecule has 0 aliphatic heterocycles. The summed E-state index contributed by atoms with van der Waals surface area (Å²) in [4.78, 5) is 4.85. The topological polar surface area (TPSA) is 30.5 Å². The van der Waals surface area contributed by atoms with Crippen LogP contribution in [0, 0.1) is 0 Å². The fourth-order valence-electron chi connectivity index (χ4n) is 1.77. The van der Waals surface area contributed by atoms with E-state index in [0.717, 1.165) is 27.1 Å². The molecule has 0 heterocycles. The fraction of sp³-hybridized carbons (Fsp3) is 0.231. The van der Waals surface area contributed by atoms with Crippen molar-refractivity contribution in [3.8, 4) is 5.75 Å². The lowest BCUT2D eigenvalue weighted by Gasteiger charge is -2.10. The molecule has 0 bridgehead atoms. The van der Waals surface area contributed by atoms with E-state index < -0.39 is 0 Å². The zero-order valence-corrected chi connectivity index (χ0v) is 10.5. The third-order valence-electron chi connectivity index (χ3n) is 2.61. The van der Waals surface area contributed by atoms with Crippen molar-refractivity contribution in [2.45, 2.75) is 6.54 Å². The van der Waals surface area contributed by atoms with Gasteiger partial charge in [-0.3, -0.25) is 0 Å². The Kier molecular flexibility index (Phi) is 3.84. The van der Waals surface area contributed by atoms with Gasteiger partial charge in [-0.2, -0.15) is 5.48 Å². The molecule has 0 radical (unpaired) electrons. The Morgan fingerprint density at radius 1 is 1.12 bits per heavy atom. The Balaban J connectivity index is 2.49. The highest BCUT2D eigenvalue weighted by atomic mass is 35.5. The molecule has 0 aliphatic rings. The summed E-state index contributed by atoms with van der Waals surface area (Å²) < 4.78 is 5.35. The molecule has 0 unspecified atom stereocenters. The van der Waals surface area contributed by atoms with Crippen LogP contribution in [0.2, 0.25) is 5.02 Å². The Morgan fingerprint density at radius 2 is 1.94 bits per heavy atom. The highest BCUT2D eigenvalue weighted by molar-refractivity contribution is 6.31. The molecule has 0 saturated carbocycles. The second-order valence-electron chi connectivity index (χ2n) is 3.68. The highest BCUT2D eigenvalue weighted by Crippen LogP contribution is 2.27. The number of hydrogen-bond acceptors (Lipinski definition) is 3. The summed E-state index contributed by atoms with van der Waals surface area (Å²) in [6.45, 7) is 0.585. The van der Waals surface area contributed by atoms with Crippen LogP contribution in [-0.4, -0.2) is 14.2 Å². The molecule has 0 fully saturated rings. The van der Waals surface area contributed by atoms with Crippen molar-refractivity contribution in [3.05, 3.63) is 40.9 Å². The van der Waals surface area contributed by atoms with E-state index in [-0.39, 0.29) is 0 Å². The first-order valence-corrected chi connectivity index (χ1v) is 5.64. The maximum absolute atomic E-state index is 5.98. The SMILES string of the molecule is CONCc1cc2cc(Cl)ccc2cc1OC. The number of benzene rings is 2. The van der Waals surface area contributed by atoms with E-state index in [1.54, 1.807) is 14.2 Å². The highest BCUT2D eigenvalue weighted by Gasteiger charge is 2.05. The molecule has 90 valence electrons. The van der Waals surface area contributed by atoms with Crippen molar-refractivity contribution < 1.29 is 9.57 Å². The molecule has 2 aromatic carbocycles. The molecule has 0 saturated heterocycles. The van der Waals surface area contributed by atoms with Crippen LogP contribution < -0.4 is 10.2 Å². The van der Waals surface area contributed by atoms with E-state index in [2.05, 4.69) is 5.48 Å². The van der Waals surface area contributed by atoms with Crippen LogP contribution in [-0.2, 0) is 11.4 Å². The number of hydroxylamine groups is 1. The van der Waals surface area contributed by atoms with Crippen LogP contribution in [0.3, 0.4) is 0 Å². The summed E-state index contributed by atoms with van der Waals surface area (Å²) in [5.74, 6) is 0.837. The van der Waals surface area contributed by atoms with Gasteiger partial charge >= 0.3 is 0 Å². The largest absolute Gasteiger partial charge is 0.496 e. The molecule has 1 N–H and O–H groups in total. The summed E-state index contributed by atoms with van der Waals surface area (Å²) in [6, 6.07) is 9.83. The van der Waals surface area contributed by atoms with Crippen LogP contribution in [0.15, 0.2) is 30.3 Å². The first-order chi connectivity index (χ1) is 8.24. The van der Waals surface area contributed by atoms with Crippen molar-refractivity contribution >= 4 is 22.4 Å². The average Bonchev–Trinajstić information content (AvgIpc) is 2.35. The second kappa shape index (κ2) is 5.36. The molecule has 0 spiro atoms. The van der Waals surface area contributed by atoms with Gasteiger partial charge in [-0.1, -0.05) is 17.7 Å². The molecular formula is C13H14ClNO2. The van der Waals surface area contributed by atoms with Crippen molar-refractivity contribution in [1.29, 1.82) is 0 Å². The summed E-state index contributed by atoms with van der Waals surface area (Å²) >= 11 is 5.98. The smallest absolute Gasteiger partial charge is 0.124 e. The van der Waals surface area contributed by atoms with Gasteiger partial charge in [0, 0.05) is 17.1 Å². The number of hydrogen-bond donors (Lipinski definition) is 1. The lowest BCUT2D eigenvalue weighted by atomic mass is 10.1. The van der Waals surface area contributed by atoms with E-state index in [4.69, 9.17) is 21.2 Å². The van der Waals surface area contributed by atoms with E-state index in [0.29, 0.717) is 6.54 Å². The van der Waals surface area contributed by atoms with Crippen LogP contribution in [0.25, 0.3) is 10.8 Å². The molecule has 2 rings (SSSR count). The summed E-state index contributed by atoms with van der Waals surface area (Å²) in [5, 5.41) is 2.92. The third kappa shape index (κ3) is 2.69. The minimum Gasteiger partial charge on any atom is -0.496 e. The van der Waals surface area contributed by atoms with E-state index in [1.807, 2.05) is 30.3 Å². The van der Waals surface area contributed by atoms with Crippen LogP contribution in [0.4, 0.5) is 0 Å². The summed E-state index contributed by atoms with van der Waals surface area (Å²) in [5.41, 5.74) is 3.84. The molecule has 4 heteroatoms. The lowest BCUT2D eigenvalue weighted by molar-refractivity contribution is 0.0861. The normalized spacial score (nSPS) is 10.8. The maximum Gasteiger partial charge on any atom is 0.124 e. The van der Waals surface area contributed by atoms with Crippen molar-refractivity contribution in [2.75, 3.05) is 14.2 Å². The van der Waals surface area contributed by atoms with Crippen molar-refractivity contribution in [3.63, 3.8) is 0 Å². The Bertz CT molecular complexity index is 528. The van der Waals surface area contributed by atoms with Gasteiger partial charge in [0.2, 0.25) is 0 Å². The van der Waals surface area contributed by atoms with Crippen LogP contribution >= 0.6 is 11.6 Å². The van der Waals surface area contributed by atoms with Crippen molar-refractivity contribution in [2.24, 2.45) is 0 Å². The maximum atomic E-state index is 5.98. The van der Waals surface area contributed by atoms with Gasteiger partial charge in [-0.05, 0) is 35.0 Å². The van der Waals surface area contributed by atoms with Gasteiger partial charge in [0.1, 0.15) is 5.75 Å². The summed E-state index contributed by atoms with van der Waals surface area (Å²) in [7, 11) is 3.25. The minimum absolute atomic E-state index is 0.585. The molecule has 2 aromatic rings. The standard InChI is InChI=1S/C13H14ClNO2/c1-16-13-7-9-3-4-12(14)6-10(9)5-11(13)8-15-17-2/h3-7,15H,8H2,1-2H3. The van der Waals surface area contributed by atoms with Gasteiger partial charge in [-0.15, -0.1) is 0 Å². The van der Waals surface area contributed by atoms with Gasteiger partial charge in [0.05, 0.1) is 14.2 Å². The third-order valence-corrected chi connectivity index (χ3v) is 2.84. The van der Waals surface area contributed by atoms with Gasteiger partial charge in [0.15, 0.2) is 0 Å². The number of ether oxygens (including phenoxy) is 1. The minimum atomic E-state index is 0.585. The zero-order valence-electron chi connectivity index (χ0n) is 9.79. The molecule has 0 atom stereocenters. The summed E-state index contributed by atoms with van der Waals surface area (Å²) in [6.07, 6.45) is 0. The number of nitrogens with one attached hydrogen (secondary N) is 1. The van der Waals surface area contributed by atoms with Gasteiger partial charge in [-0.25, -0.2) is 0 Å². The Morgan fingerprint density at radius 3 is 2.65 bits per heavy atom. The molecule has 0 amide bonds. The quantitative estimate of drug-likeness (QED) is 0.847. The van der Waals surface area contributed by atoms with Gasteiger partial charge < -0.3 is 9.57 Å². The van der Waals surface area contributed by atoms with Gasteiger partial charge in [0.25, 0.3) is 0 Å². The molecule has 0 aromatic heterocycles. The zero-order chi connectivity index (χ0) is 12.3. The molecular weight excluding hydrogens is 238 g/mol. The Labute approximate surface area is 105 Å². The number of methoxy groups -OCH3 is 1. The molecule has 0 aliphatic carbocycles. The average molecular weight is 252 g/mol. The van der Waals surface area contributed by atoms with E-state index in [1.165, 1.54) is 0 Å². The monoisotopic (exact) mass is 251 g/mol. The lowest BCUT2D eigenvalue weighted by Crippen LogP contribution is -2.11. The van der Waals surface area contributed by atoms with Crippen LogP contribution in [0.5, 0.6) is 5.75 Å². The van der Waals surface area contributed by atoms with Crippen molar-refractivity contribution in [1.82, 2.24) is 5.48 Å². The number of rotatable bonds is 4. The predicted octanol–water partition coefficient (Wildman–Crippen LogP) is 3.15. The number of halogens is 1.